The van der Waals surface area contributed by atoms with Gasteiger partial charge in [0, 0.05) is 7.11 Å². The van der Waals surface area contributed by atoms with E-state index in [4.69, 9.17) is 14.2 Å². The highest BCUT2D eigenvalue weighted by Gasteiger charge is 2.26. The van der Waals surface area contributed by atoms with E-state index in [9.17, 15) is 0 Å². The molecular formula is C14H28O3. The molecule has 0 aliphatic carbocycles. The van der Waals surface area contributed by atoms with Gasteiger partial charge in [-0.15, -0.1) is 0 Å². The Kier molecular flexibility index (Phi) is 8.48. The standard InChI is InChI=1S/C14H28O3/c1-7-12(2)13(14(3,4)5)17-11-10-16-9-8-15-6/h13H,2,7-11H2,1,3-6H3. The molecule has 102 valence electrons. The van der Waals surface area contributed by atoms with Gasteiger partial charge in [-0.25, -0.2) is 0 Å². The predicted molar refractivity (Wildman–Crippen MR) is 71.3 cm³/mol. The molecular weight excluding hydrogens is 216 g/mol. The lowest BCUT2D eigenvalue weighted by Gasteiger charge is -2.32. The summed E-state index contributed by atoms with van der Waals surface area (Å²) in [5, 5.41) is 0. The molecule has 0 aromatic carbocycles. The molecule has 1 atom stereocenters. The predicted octanol–water partition coefficient (Wildman–Crippen LogP) is 3.05. The van der Waals surface area contributed by atoms with Gasteiger partial charge in [-0.05, 0) is 17.4 Å². The fourth-order valence-corrected chi connectivity index (χ4v) is 1.63. The third kappa shape index (κ3) is 7.53. The van der Waals surface area contributed by atoms with Gasteiger partial charge in [-0.1, -0.05) is 34.3 Å². The number of methoxy groups -OCH3 is 1. The number of hydrogen-bond donors (Lipinski definition) is 0. The first-order valence-electron chi connectivity index (χ1n) is 6.29. The first-order chi connectivity index (χ1) is 7.93. The topological polar surface area (TPSA) is 27.7 Å². The van der Waals surface area contributed by atoms with Crippen molar-refractivity contribution in [2.75, 3.05) is 33.5 Å². The van der Waals surface area contributed by atoms with Crippen LogP contribution in [0, 0.1) is 5.41 Å². The van der Waals surface area contributed by atoms with Crippen LogP contribution in [0.2, 0.25) is 0 Å². The largest absolute Gasteiger partial charge is 0.382 e. The van der Waals surface area contributed by atoms with Gasteiger partial charge >= 0.3 is 0 Å². The molecule has 0 aliphatic rings. The van der Waals surface area contributed by atoms with Gasteiger partial charge < -0.3 is 14.2 Å². The van der Waals surface area contributed by atoms with Crippen LogP contribution in [-0.2, 0) is 14.2 Å². The maximum atomic E-state index is 5.87. The summed E-state index contributed by atoms with van der Waals surface area (Å²) in [5.74, 6) is 0. The summed E-state index contributed by atoms with van der Waals surface area (Å²) in [5.41, 5.74) is 1.23. The van der Waals surface area contributed by atoms with Gasteiger partial charge in [0.25, 0.3) is 0 Å². The summed E-state index contributed by atoms with van der Waals surface area (Å²) in [7, 11) is 1.67. The van der Waals surface area contributed by atoms with Crippen LogP contribution in [0.5, 0.6) is 0 Å². The van der Waals surface area contributed by atoms with Gasteiger partial charge in [0.1, 0.15) is 0 Å². The fraction of sp³-hybridized carbons (Fsp3) is 0.857. The molecule has 0 aromatic heterocycles. The van der Waals surface area contributed by atoms with E-state index in [1.165, 1.54) is 0 Å². The van der Waals surface area contributed by atoms with Crippen molar-refractivity contribution in [1.29, 1.82) is 0 Å². The molecule has 1 unspecified atom stereocenters. The minimum Gasteiger partial charge on any atom is -0.382 e. The molecule has 0 radical (unpaired) electrons. The van der Waals surface area contributed by atoms with Gasteiger partial charge in [-0.2, -0.15) is 0 Å². The average molecular weight is 244 g/mol. The molecule has 0 saturated carbocycles. The Labute approximate surface area is 106 Å². The van der Waals surface area contributed by atoms with Crippen LogP contribution in [-0.4, -0.2) is 39.6 Å². The van der Waals surface area contributed by atoms with Crippen molar-refractivity contribution < 1.29 is 14.2 Å². The Bertz CT molecular complexity index is 206. The molecule has 0 saturated heterocycles. The Morgan fingerprint density at radius 1 is 1.12 bits per heavy atom. The second-order valence-electron chi connectivity index (χ2n) is 5.23. The maximum absolute atomic E-state index is 5.87. The lowest BCUT2D eigenvalue weighted by molar-refractivity contribution is -0.0310. The number of ether oxygens (including phenoxy) is 3. The quantitative estimate of drug-likeness (QED) is 0.461. The molecule has 0 spiro atoms. The van der Waals surface area contributed by atoms with E-state index < -0.39 is 0 Å². The van der Waals surface area contributed by atoms with Gasteiger partial charge in [0.05, 0.1) is 32.5 Å². The second-order valence-corrected chi connectivity index (χ2v) is 5.23. The molecule has 0 N–H and O–H groups in total. The Morgan fingerprint density at radius 2 is 1.71 bits per heavy atom. The van der Waals surface area contributed by atoms with Crippen molar-refractivity contribution in [3.05, 3.63) is 12.2 Å². The lowest BCUT2D eigenvalue weighted by Crippen LogP contribution is -2.32. The zero-order valence-electron chi connectivity index (χ0n) is 12.0. The summed E-state index contributed by atoms with van der Waals surface area (Å²) >= 11 is 0. The van der Waals surface area contributed by atoms with E-state index in [0.29, 0.717) is 26.4 Å². The first-order valence-corrected chi connectivity index (χ1v) is 6.29. The van der Waals surface area contributed by atoms with Crippen LogP contribution in [0.15, 0.2) is 12.2 Å². The highest BCUT2D eigenvalue weighted by molar-refractivity contribution is 5.06. The molecule has 0 fully saturated rings. The summed E-state index contributed by atoms with van der Waals surface area (Å²) in [6.45, 7) is 15.2. The summed E-state index contributed by atoms with van der Waals surface area (Å²) in [6, 6.07) is 0. The highest BCUT2D eigenvalue weighted by atomic mass is 16.5. The molecule has 17 heavy (non-hydrogen) atoms. The monoisotopic (exact) mass is 244 g/mol. The smallest absolute Gasteiger partial charge is 0.0831 e. The van der Waals surface area contributed by atoms with Crippen LogP contribution in [0.4, 0.5) is 0 Å². The van der Waals surface area contributed by atoms with Crippen molar-refractivity contribution in [3.63, 3.8) is 0 Å². The maximum Gasteiger partial charge on any atom is 0.0831 e. The minimum absolute atomic E-state index is 0.0830. The van der Waals surface area contributed by atoms with Crippen LogP contribution < -0.4 is 0 Å². The molecule has 3 nitrogen and oxygen atoms in total. The molecule has 0 aliphatic heterocycles. The molecule has 0 heterocycles. The summed E-state index contributed by atoms with van der Waals surface area (Å²) in [4.78, 5) is 0. The van der Waals surface area contributed by atoms with E-state index in [2.05, 4.69) is 34.3 Å². The van der Waals surface area contributed by atoms with E-state index in [-0.39, 0.29) is 11.5 Å². The molecule has 0 rings (SSSR count). The zero-order chi connectivity index (χ0) is 13.3. The van der Waals surface area contributed by atoms with Crippen molar-refractivity contribution >= 4 is 0 Å². The molecule has 0 amide bonds. The second kappa shape index (κ2) is 8.67. The van der Waals surface area contributed by atoms with E-state index in [1.807, 2.05) is 0 Å². The number of hydrogen-bond acceptors (Lipinski definition) is 3. The van der Waals surface area contributed by atoms with Gasteiger partial charge in [-0.3, -0.25) is 0 Å². The first kappa shape index (κ1) is 16.6. The Morgan fingerprint density at radius 3 is 2.18 bits per heavy atom. The average Bonchev–Trinajstić information content (AvgIpc) is 2.25. The normalized spacial score (nSPS) is 13.7. The summed E-state index contributed by atoms with van der Waals surface area (Å²) < 4.78 is 16.1. The Hall–Kier alpha value is -0.380. The van der Waals surface area contributed by atoms with Crippen molar-refractivity contribution in [2.24, 2.45) is 5.41 Å². The van der Waals surface area contributed by atoms with Crippen molar-refractivity contribution in [1.82, 2.24) is 0 Å². The lowest BCUT2D eigenvalue weighted by atomic mass is 9.84. The third-order valence-corrected chi connectivity index (χ3v) is 2.56. The molecule has 3 heteroatoms. The highest BCUT2D eigenvalue weighted by Crippen LogP contribution is 2.28. The Balaban J connectivity index is 3.90. The summed E-state index contributed by atoms with van der Waals surface area (Å²) in [6.07, 6.45) is 1.05. The van der Waals surface area contributed by atoms with E-state index in [0.717, 1.165) is 12.0 Å². The van der Waals surface area contributed by atoms with Gasteiger partial charge in [0.2, 0.25) is 0 Å². The van der Waals surface area contributed by atoms with Crippen LogP contribution >= 0.6 is 0 Å². The molecule has 0 aromatic rings. The minimum atomic E-state index is 0.0830. The van der Waals surface area contributed by atoms with Crippen molar-refractivity contribution in [3.8, 4) is 0 Å². The SMILES string of the molecule is C=C(CC)C(OCCOCCOC)C(C)(C)C. The zero-order valence-corrected chi connectivity index (χ0v) is 12.0. The molecule has 0 bridgehead atoms. The fourth-order valence-electron chi connectivity index (χ4n) is 1.63. The van der Waals surface area contributed by atoms with Crippen molar-refractivity contribution in [2.45, 2.75) is 40.2 Å². The van der Waals surface area contributed by atoms with Crippen LogP contribution in [0.25, 0.3) is 0 Å². The number of rotatable bonds is 9. The van der Waals surface area contributed by atoms with Gasteiger partial charge in [0.15, 0.2) is 0 Å². The van der Waals surface area contributed by atoms with Crippen LogP contribution in [0.3, 0.4) is 0 Å². The van der Waals surface area contributed by atoms with E-state index in [1.54, 1.807) is 7.11 Å². The van der Waals surface area contributed by atoms with E-state index >= 15 is 0 Å². The third-order valence-electron chi connectivity index (χ3n) is 2.56. The van der Waals surface area contributed by atoms with Crippen LogP contribution in [0.1, 0.15) is 34.1 Å².